The number of aliphatic imine (C=N–C) groups is 1. The third-order valence-electron chi connectivity index (χ3n) is 7.44. The maximum absolute atomic E-state index is 13.4. The van der Waals surface area contributed by atoms with Gasteiger partial charge in [-0.05, 0) is 51.5 Å². The summed E-state index contributed by atoms with van der Waals surface area (Å²) in [5, 5.41) is 60.5. The van der Waals surface area contributed by atoms with Crippen LogP contribution < -0.4 is 49.1 Å². The van der Waals surface area contributed by atoms with Crippen LogP contribution in [0.3, 0.4) is 0 Å². The average Bonchev–Trinajstić information content (AvgIpc) is 3.09. The Labute approximate surface area is 319 Å². The van der Waals surface area contributed by atoms with Crippen molar-refractivity contribution in [2.45, 2.75) is 101 Å². The van der Waals surface area contributed by atoms with E-state index in [1.807, 2.05) is 0 Å². The Bertz CT molecular complexity index is 1400. The number of nitrogens with zero attached hydrogens (tertiary/aromatic N) is 1. The number of rotatable bonds is 27. The molecule has 6 amide bonds. The molecule has 24 nitrogen and oxygen atoms in total. The number of thioether (sulfide) groups is 1. The molecule has 0 aliphatic heterocycles. The van der Waals surface area contributed by atoms with Crippen molar-refractivity contribution in [2.24, 2.45) is 22.2 Å². The molecule has 0 saturated heterocycles. The quantitative estimate of drug-likeness (QED) is 0.0208. The maximum Gasteiger partial charge on any atom is 0.326 e. The number of nitrogens with two attached hydrogens (primary N) is 3. The molecule has 0 unspecified atom stereocenters. The van der Waals surface area contributed by atoms with Gasteiger partial charge in [-0.1, -0.05) is 0 Å². The molecule has 0 aliphatic rings. The highest BCUT2D eigenvalue weighted by atomic mass is 32.2. The van der Waals surface area contributed by atoms with E-state index in [9.17, 15) is 63.6 Å². The molecule has 312 valence electrons. The second-order valence-electron chi connectivity index (χ2n) is 12.1. The highest BCUT2D eigenvalue weighted by Crippen LogP contribution is 2.07. The standard InChI is InChI=1S/C30H52N10O14S/c1-13(35-27(51)19(11-21(45)46)39-28(52)22(14(2)42)40-24(48)15(31)12-41)23(47)36-17(6-7-20(43)44)26(50)37-16(5-4-9-34-30(32)33)25(49)38-18(29(53)54)8-10-55-3/h13-19,22,41-42H,4-12,31H2,1-3H3,(H,35,51)(H,36,47)(H,37,50)(H,38,49)(H,39,52)(H,40,48)(H,43,44)(H,45,46)(H,53,54)(H4,32,33,34)/t13-,14+,15-,16-,17-,18-,19-,22-/m0/s1. The molecule has 0 saturated carbocycles. The lowest BCUT2D eigenvalue weighted by molar-refractivity contribution is -0.143. The lowest BCUT2D eigenvalue weighted by Crippen LogP contribution is -2.61. The van der Waals surface area contributed by atoms with Crippen LogP contribution >= 0.6 is 11.8 Å². The summed E-state index contributed by atoms with van der Waals surface area (Å²) in [4.78, 5) is 116. The lowest BCUT2D eigenvalue weighted by atomic mass is 10.1. The van der Waals surface area contributed by atoms with Gasteiger partial charge >= 0.3 is 17.9 Å². The van der Waals surface area contributed by atoms with Crippen LogP contribution in [0.25, 0.3) is 0 Å². The summed E-state index contributed by atoms with van der Waals surface area (Å²) in [5.41, 5.74) is 16.1. The number of carbonyl (C=O) groups is 9. The molecule has 0 aromatic rings. The minimum Gasteiger partial charge on any atom is -0.481 e. The van der Waals surface area contributed by atoms with Crippen LogP contribution in [-0.2, 0) is 43.2 Å². The van der Waals surface area contributed by atoms with E-state index in [0.29, 0.717) is 5.75 Å². The number of amides is 6. The van der Waals surface area contributed by atoms with Crippen molar-refractivity contribution in [3.05, 3.63) is 0 Å². The number of aliphatic carboxylic acids is 3. The van der Waals surface area contributed by atoms with Gasteiger partial charge in [-0.25, -0.2) is 4.79 Å². The van der Waals surface area contributed by atoms with Crippen LogP contribution in [-0.4, -0.2) is 158 Å². The van der Waals surface area contributed by atoms with E-state index in [4.69, 9.17) is 22.3 Å². The summed E-state index contributed by atoms with van der Waals surface area (Å²) in [6.07, 6.45) is -2.05. The number of carboxylic acid groups (broad SMARTS) is 3. The van der Waals surface area contributed by atoms with E-state index in [2.05, 4.69) is 36.9 Å². The number of nitrogens with one attached hydrogen (secondary N) is 6. The molecule has 0 aromatic heterocycles. The number of carboxylic acids is 3. The molecule has 0 radical (unpaired) electrons. The number of hydrogen-bond acceptors (Lipinski definition) is 14. The molecule has 25 heteroatoms. The SMILES string of the molecule is CSCC[C@H](NC(=O)[C@H](CCCN=C(N)N)NC(=O)[C@H](CCC(=O)O)NC(=O)[C@H](C)NC(=O)[C@H](CC(=O)O)NC(=O)[C@@H](NC(=O)[C@@H](N)CO)[C@@H](C)O)C(=O)O. The highest BCUT2D eigenvalue weighted by molar-refractivity contribution is 7.98. The Morgan fingerprint density at radius 1 is 0.673 bits per heavy atom. The molecular weight excluding hydrogens is 756 g/mol. The van der Waals surface area contributed by atoms with Gasteiger partial charge in [0.25, 0.3) is 0 Å². The predicted octanol–water partition coefficient (Wildman–Crippen LogP) is -6.15. The number of aliphatic hydroxyl groups is 2. The third-order valence-corrected chi connectivity index (χ3v) is 8.09. The van der Waals surface area contributed by atoms with Gasteiger partial charge in [0.1, 0.15) is 42.3 Å². The monoisotopic (exact) mass is 808 g/mol. The van der Waals surface area contributed by atoms with Crippen LogP contribution in [0.4, 0.5) is 0 Å². The fourth-order valence-electron chi connectivity index (χ4n) is 4.42. The smallest absolute Gasteiger partial charge is 0.326 e. The van der Waals surface area contributed by atoms with Gasteiger partial charge in [0.2, 0.25) is 35.4 Å². The van der Waals surface area contributed by atoms with Crippen molar-refractivity contribution < 1.29 is 68.7 Å². The molecule has 0 bridgehead atoms. The molecule has 0 rings (SSSR count). The van der Waals surface area contributed by atoms with Gasteiger partial charge in [-0.3, -0.25) is 43.3 Å². The molecule has 17 N–H and O–H groups in total. The Kier molecular flexibility index (Phi) is 23.2. The molecule has 0 aliphatic carbocycles. The van der Waals surface area contributed by atoms with E-state index in [0.717, 1.165) is 13.8 Å². The number of guanidine groups is 1. The molecule has 0 spiro atoms. The fourth-order valence-corrected chi connectivity index (χ4v) is 4.89. The summed E-state index contributed by atoms with van der Waals surface area (Å²) < 4.78 is 0. The topological polar surface area (TPSA) is 417 Å². The number of hydrogen-bond donors (Lipinski definition) is 14. The molecular formula is C30H52N10O14S. The molecule has 0 heterocycles. The van der Waals surface area contributed by atoms with Gasteiger partial charge < -0.3 is 74.6 Å². The first kappa shape index (κ1) is 49.7. The predicted molar refractivity (Wildman–Crippen MR) is 194 cm³/mol. The van der Waals surface area contributed by atoms with Gasteiger partial charge in [0.05, 0.1) is 19.1 Å². The van der Waals surface area contributed by atoms with Crippen LogP contribution in [0.5, 0.6) is 0 Å². The van der Waals surface area contributed by atoms with E-state index in [-0.39, 0.29) is 31.8 Å². The van der Waals surface area contributed by atoms with Crippen LogP contribution in [0.2, 0.25) is 0 Å². The lowest BCUT2D eigenvalue weighted by Gasteiger charge is -2.26. The van der Waals surface area contributed by atoms with Gasteiger partial charge in [-0.15, -0.1) is 0 Å². The normalized spacial score (nSPS) is 15.2. The second kappa shape index (κ2) is 25.7. The van der Waals surface area contributed by atoms with Crippen molar-refractivity contribution in [1.82, 2.24) is 31.9 Å². The van der Waals surface area contributed by atoms with E-state index >= 15 is 0 Å². The fraction of sp³-hybridized carbons (Fsp3) is 0.667. The third kappa shape index (κ3) is 20.1. The Morgan fingerprint density at radius 3 is 1.69 bits per heavy atom. The summed E-state index contributed by atoms with van der Waals surface area (Å²) in [5.74, 6) is -10.7. The summed E-state index contributed by atoms with van der Waals surface area (Å²) in [7, 11) is 0. The van der Waals surface area contributed by atoms with Gasteiger partial charge in [0, 0.05) is 13.0 Å². The highest BCUT2D eigenvalue weighted by Gasteiger charge is 2.34. The van der Waals surface area contributed by atoms with Crippen LogP contribution in [0.15, 0.2) is 4.99 Å². The first-order chi connectivity index (χ1) is 25.6. The zero-order valence-corrected chi connectivity index (χ0v) is 31.3. The molecule has 0 aromatic carbocycles. The minimum atomic E-state index is -1.89. The largest absolute Gasteiger partial charge is 0.481 e. The maximum atomic E-state index is 13.4. The molecule has 8 atom stereocenters. The van der Waals surface area contributed by atoms with Crippen molar-refractivity contribution in [1.29, 1.82) is 0 Å². The zero-order valence-electron chi connectivity index (χ0n) is 30.5. The summed E-state index contributed by atoms with van der Waals surface area (Å²) in [6.45, 7) is 1.40. The zero-order chi connectivity index (χ0) is 42.4. The Balaban J connectivity index is 6.11. The average molecular weight is 809 g/mol. The molecule has 55 heavy (non-hydrogen) atoms. The number of carbonyl (C=O) groups excluding carboxylic acids is 6. The van der Waals surface area contributed by atoms with Gasteiger partial charge in [-0.2, -0.15) is 11.8 Å². The van der Waals surface area contributed by atoms with E-state index in [1.54, 1.807) is 6.26 Å². The second-order valence-corrected chi connectivity index (χ2v) is 13.1. The van der Waals surface area contributed by atoms with Crippen molar-refractivity contribution >= 4 is 71.1 Å². The minimum absolute atomic E-state index is 0.0166. The van der Waals surface area contributed by atoms with Crippen molar-refractivity contribution in [2.75, 3.05) is 25.2 Å². The Morgan fingerprint density at radius 2 is 1.20 bits per heavy atom. The van der Waals surface area contributed by atoms with Crippen molar-refractivity contribution in [3.8, 4) is 0 Å². The summed E-state index contributed by atoms with van der Waals surface area (Å²) >= 11 is 1.33. The number of aliphatic hydroxyl groups excluding tert-OH is 2. The Hall–Kier alpha value is -5.27. The first-order valence-corrected chi connectivity index (χ1v) is 18.1. The first-order valence-electron chi connectivity index (χ1n) is 16.7. The van der Waals surface area contributed by atoms with Crippen molar-refractivity contribution in [3.63, 3.8) is 0 Å². The van der Waals surface area contributed by atoms with Crippen LogP contribution in [0, 0.1) is 0 Å². The molecule has 0 fully saturated rings. The summed E-state index contributed by atoms with van der Waals surface area (Å²) in [6, 6.07) is -11.1. The van der Waals surface area contributed by atoms with E-state index < -0.39 is 128 Å². The van der Waals surface area contributed by atoms with E-state index in [1.165, 1.54) is 11.8 Å². The van der Waals surface area contributed by atoms with Crippen LogP contribution in [0.1, 0.15) is 52.4 Å². The van der Waals surface area contributed by atoms with Gasteiger partial charge in [0.15, 0.2) is 5.96 Å².